The van der Waals surface area contributed by atoms with Crippen molar-refractivity contribution in [2.24, 2.45) is 41.4 Å². The Labute approximate surface area is 186 Å². The number of benzene rings is 2. The highest BCUT2D eigenvalue weighted by Gasteiger charge is 2.68. The number of carbonyl (C=O) groups excluding carboxylic acids is 3. The van der Waals surface area contributed by atoms with Crippen molar-refractivity contribution in [2.75, 3.05) is 0 Å². The number of hydrogen-bond donors (Lipinski definition) is 1. The normalized spacial score (nSPS) is 37.1. The van der Waals surface area contributed by atoms with E-state index in [2.05, 4.69) is 41.8 Å². The Morgan fingerprint density at radius 3 is 1.81 bits per heavy atom. The molecule has 0 unspecified atom stereocenters. The Kier molecular flexibility index (Phi) is 3.55. The fourth-order valence-corrected chi connectivity index (χ4v) is 7.11. The highest BCUT2D eigenvalue weighted by atomic mass is 16.2. The van der Waals surface area contributed by atoms with Crippen LogP contribution < -0.4 is 5.43 Å². The van der Waals surface area contributed by atoms with Gasteiger partial charge in [0.2, 0.25) is 5.91 Å². The first-order valence-corrected chi connectivity index (χ1v) is 11.6. The molecule has 3 amide bonds. The van der Waals surface area contributed by atoms with Gasteiger partial charge in [0.1, 0.15) is 0 Å². The van der Waals surface area contributed by atoms with Crippen molar-refractivity contribution >= 4 is 17.7 Å². The van der Waals surface area contributed by atoms with Gasteiger partial charge in [-0.15, -0.1) is 0 Å². The van der Waals surface area contributed by atoms with Gasteiger partial charge in [0, 0.05) is 5.41 Å². The quantitative estimate of drug-likeness (QED) is 0.606. The average molecular weight is 425 g/mol. The lowest BCUT2D eigenvalue weighted by Gasteiger charge is -2.37. The molecule has 8 rings (SSSR count). The number of nitrogens with zero attached hydrogens (tertiary/aromatic N) is 1. The Morgan fingerprint density at radius 1 is 0.812 bits per heavy atom. The molecule has 5 heteroatoms. The van der Waals surface area contributed by atoms with E-state index in [1.165, 1.54) is 0 Å². The van der Waals surface area contributed by atoms with Gasteiger partial charge in [0.25, 0.3) is 11.8 Å². The maximum atomic E-state index is 13.4. The molecule has 160 valence electrons. The Bertz CT molecular complexity index is 1100. The number of allylic oxidation sites excluding steroid dienone is 2. The van der Waals surface area contributed by atoms with Gasteiger partial charge >= 0.3 is 0 Å². The zero-order valence-electron chi connectivity index (χ0n) is 17.6. The first-order valence-electron chi connectivity index (χ1n) is 11.6. The highest BCUT2D eigenvalue weighted by molar-refractivity contribution is 6.07. The van der Waals surface area contributed by atoms with Crippen molar-refractivity contribution < 1.29 is 14.4 Å². The van der Waals surface area contributed by atoms with Gasteiger partial charge in [0.15, 0.2) is 0 Å². The van der Waals surface area contributed by atoms with E-state index in [0.29, 0.717) is 18.3 Å². The molecule has 4 fully saturated rings. The average Bonchev–Trinajstić information content (AvgIpc) is 3.75. The second-order valence-electron chi connectivity index (χ2n) is 10.1. The molecule has 3 saturated carbocycles. The molecule has 7 atom stereocenters. The topological polar surface area (TPSA) is 66.5 Å². The van der Waals surface area contributed by atoms with Gasteiger partial charge in [-0.1, -0.05) is 72.8 Å². The third-order valence-corrected chi connectivity index (χ3v) is 8.74. The molecule has 0 aromatic heterocycles. The lowest BCUT2D eigenvalue weighted by Crippen LogP contribution is -2.48. The molecular formula is C27H24N2O3. The molecule has 1 N–H and O–H groups in total. The summed E-state index contributed by atoms with van der Waals surface area (Å²) in [6.07, 6.45) is 6.08. The number of rotatable bonds is 4. The van der Waals surface area contributed by atoms with Gasteiger partial charge < -0.3 is 0 Å². The second-order valence-corrected chi connectivity index (χ2v) is 10.1. The Balaban J connectivity index is 1.17. The van der Waals surface area contributed by atoms with E-state index in [9.17, 15) is 14.4 Å². The minimum Gasteiger partial charge on any atom is -0.273 e. The molecular weight excluding hydrogens is 400 g/mol. The van der Waals surface area contributed by atoms with Crippen LogP contribution in [-0.4, -0.2) is 22.7 Å². The molecule has 0 spiro atoms. The molecule has 5 aliphatic carbocycles. The van der Waals surface area contributed by atoms with Crippen LogP contribution in [-0.2, 0) is 19.8 Å². The maximum absolute atomic E-state index is 13.4. The SMILES string of the molecule is O=C(NN1C(=O)[C@@H]2[C@H]3C=C[C@@H]([C@@H]4C[C@H]34)[C@H]2C1=O)[C@H]1CC1(c1ccccc1)c1ccccc1. The van der Waals surface area contributed by atoms with Crippen molar-refractivity contribution in [3.63, 3.8) is 0 Å². The molecule has 2 bridgehead atoms. The van der Waals surface area contributed by atoms with Crippen molar-refractivity contribution in [3.05, 3.63) is 83.9 Å². The molecule has 2 aromatic rings. The number of nitrogens with one attached hydrogen (secondary N) is 1. The van der Waals surface area contributed by atoms with E-state index in [1.54, 1.807) is 0 Å². The zero-order valence-corrected chi connectivity index (χ0v) is 17.6. The molecule has 6 aliphatic rings. The largest absolute Gasteiger partial charge is 0.273 e. The molecule has 2 aromatic carbocycles. The number of hydrazine groups is 1. The van der Waals surface area contributed by atoms with Gasteiger partial charge in [-0.2, -0.15) is 5.01 Å². The summed E-state index contributed by atoms with van der Waals surface area (Å²) in [4.78, 5) is 39.9. The van der Waals surface area contributed by atoms with Crippen LogP contribution in [0.4, 0.5) is 0 Å². The van der Waals surface area contributed by atoms with Gasteiger partial charge in [-0.3, -0.25) is 19.8 Å². The van der Waals surface area contributed by atoms with Crippen LogP contribution >= 0.6 is 0 Å². The number of carbonyl (C=O) groups is 3. The summed E-state index contributed by atoms with van der Waals surface area (Å²) in [6, 6.07) is 20.1. The van der Waals surface area contributed by atoms with Crippen molar-refractivity contribution in [1.29, 1.82) is 0 Å². The maximum Gasteiger partial charge on any atom is 0.252 e. The van der Waals surface area contributed by atoms with Crippen molar-refractivity contribution in [1.82, 2.24) is 10.4 Å². The highest BCUT2D eigenvalue weighted by Crippen LogP contribution is 2.65. The minimum absolute atomic E-state index is 0.155. The van der Waals surface area contributed by atoms with E-state index in [-0.39, 0.29) is 47.3 Å². The summed E-state index contributed by atoms with van der Waals surface area (Å²) in [6.45, 7) is 0. The summed E-state index contributed by atoms with van der Waals surface area (Å²) in [7, 11) is 0. The number of hydrogen-bond acceptors (Lipinski definition) is 3. The summed E-state index contributed by atoms with van der Waals surface area (Å²) in [5.74, 6) is -0.196. The lowest BCUT2D eigenvalue weighted by molar-refractivity contribution is -0.149. The van der Waals surface area contributed by atoms with Crippen LogP contribution in [0.3, 0.4) is 0 Å². The Morgan fingerprint density at radius 2 is 1.31 bits per heavy atom. The first-order chi connectivity index (χ1) is 15.6. The van der Waals surface area contributed by atoms with Crippen LogP contribution in [0.25, 0.3) is 0 Å². The minimum atomic E-state index is -0.423. The third kappa shape index (κ3) is 2.26. The van der Waals surface area contributed by atoms with Gasteiger partial charge in [-0.05, 0) is 47.6 Å². The monoisotopic (exact) mass is 424 g/mol. The first kappa shape index (κ1) is 18.4. The smallest absolute Gasteiger partial charge is 0.252 e. The summed E-state index contributed by atoms with van der Waals surface area (Å²) in [5.41, 5.74) is 4.50. The van der Waals surface area contributed by atoms with E-state index in [0.717, 1.165) is 22.6 Å². The molecule has 1 saturated heterocycles. The molecule has 1 heterocycles. The Hall–Kier alpha value is -3.21. The van der Waals surface area contributed by atoms with E-state index in [1.807, 2.05) is 36.4 Å². The summed E-state index contributed by atoms with van der Waals surface area (Å²) in [5, 5.41) is 1.06. The lowest BCUT2D eigenvalue weighted by atomic mass is 9.63. The number of imide groups is 1. The third-order valence-electron chi connectivity index (χ3n) is 8.74. The fraction of sp³-hybridized carbons (Fsp3) is 0.370. The fourth-order valence-electron chi connectivity index (χ4n) is 7.11. The van der Waals surface area contributed by atoms with Crippen molar-refractivity contribution in [2.45, 2.75) is 18.3 Å². The standard InChI is InChI=1S/C27H24N2O3/c30-24(21-14-27(21,15-7-3-1-4-8-15)16-9-5-2-6-10-16)28-29-25(31)22-17-11-12-18(20-13-19(17)20)23(22)26(29)32/h1-12,17-23H,13-14H2,(H,28,30)/t17-,18-,19-,20+,21+,22+,23+/m0/s1. The predicted octanol–water partition coefficient (Wildman–Crippen LogP) is 3.08. The van der Waals surface area contributed by atoms with E-state index < -0.39 is 5.41 Å². The molecule has 1 aliphatic heterocycles. The van der Waals surface area contributed by atoms with Crippen LogP contribution in [0, 0.1) is 41.4 Å². The molecule has 32 heavy (non-hydrogen) atoms. The van der Waals surface area contributed by atoms with Crippen LogP contribution in [0.2, 0.25) is 0 Å². The molecule has 5 nitrogen and oxygen atoms in total. The van der Waals surface area contributed by atoms with Crippen molar-refractivity contribution in [3.8, 4) is 0 Å². The van der Waals surface area contributed by atoms with E-state index >= 15 is 0 Å². The van der Waals surface area contributed by atoms with Crippen LogP contribution in [0.15, 0.2) is 72.8 Å². The van der Waals surface area contributed by atoms with E-state index in [4.69, 9.17) is 0 Å². The van der Waals surface area contributed by atoms with Crippen LogP contribution in [0.5, 0.6) is 0 Å². The van der Waals surface area contributed by atoms with Gasteiger partial charge in [0.05, 0.1) is 17.8 Å². The molecule has 0 radical (unpaired) electrons. The van der Waals surface area contributed by atoms with Gasteiger partial charge in [-0.25, -0.2) is 0 Å². The van der Waals surface area contributed by atoms with Crippen LogP contribution in [0.1, 0.15) is 24.0 Å². The summed E-state index contributed by atoms with van der Waals surface area (Å²) < 4.78 is 0. The zero-order chi connectivity index (χ0) is 21.6. The number of amides is 3. The summed E-state index contributed by atoms with van der Waals surface area (Å²) >= 11 is 0. The predicted molar refractivity (Wildman–Crippen MR) is 116 cm³/mol. The second kappa shape index (κ2) is 6.18.